The molecule has 0 saturated heterocycles. The van der Waals surface area contributed by atoms with Crippen LogP contribution in [0.25, 0.3) is 0 Å². The fourth-order valence-corrected chi connectivity index (χ4v) is 2.27. The second kappa shape index (κ2) is 5.00. The summed E-state index contributed by atoms with van der Waals surface area (Å²) in [6.07, 6.45) is 2.87. The van der Waals surface area contributed by atoms with Crippen molar-refractivity contribution in [2.75, 3.05) is 7.11 Å². The first-order chi connectivity index (χ1) is 9.99. The van der Waals surface area contributed by atoms with Crippen LogP contribution in [0.4, 0.5) is 8.63 Å². The van der Waals surface area contributed by atoms with Gasteiger partial charge < -0.3 is 17.7 Å². The van der Waals surface area contributed by atoms with Crippen LogP contribution in [-0.4, -0.2) is 25.4 Å². The molecule has 8 heteroatoms. The lowest BCUT2D eigenvalue weighted by atomic mass is 9.72. The average molecular weight is 310 g/mol. The highest BCUT2D eigenvalue weighted by Gasteiger charge is 2.59. The van der Waals surface area contributed by atoms with Gasteiger partial charge in [-0.15, -0.1) is 5.10 Å². The third-order valence-corrected chi connectivity index (χ3v) is 3.33. The Kier molecular flexibility index (Phi) is 3.29. The number of nitrogens with zero attached hydrogens (tertiary/aromatic N) is 1. The van der Waals surface area contributed by atoms with Crippen LogP contribution in [0.5, 0.6) is 5.75 Å². The molecule has 0 atom stereocenters. The van der Waals surface area contributed by atoms with Gasteiger partial charge in [-0.3, -0.25) is 0 Å². The number of halogens is 3. The molecule has 2 aliphatic heterocycles. The standard InChI is InChI=1S/C13H10BClF2N2O2/c1-20-10-4-2-8(3-5-10)11-6-9-7-12(15)18-19-13(9)14(16,17)21-11/h2-7,19H,1H3/q+1. The van der Waals surface area contributed by atoms with E-state index < -0.39 is 6.90 Å². The number of ketones is 1. The smallest absolute Gasteiger partial charge is 0.497 e. The van der Waals surface area contributed by atoms with Crippen molar-refractivity contribution in [1.82, 2.24) is 5.43 Å². The summed E-state index contributed by atoms with van der Waals surface area (Å²) >= 11 is 5.74. The molecule has 2 heterocycles. The van der Waals surface area contributed by atoms with Crippen LogP contribution in [0, 0.1) is 0 Å². The summed E-state index contributed by atoms with van der Waals surface area (Å²) in [4.78, 5) is 0. The molecule has 21 heavy (non-hydrogen) atoms. The molecule has 1 aromatic rings. The van der Waals surface area contributed by atoms with E-state index in [1.54, 1.807) is 24.3 Å². The molecule has 1 aromatic carbocycles. The largest absolute Gasteiger partial charge is 0.856 e. The molecule has 0 aliphatic carbocycles. The number of allylic oxidation sites excluding steroid dienone is 3. The van der Waals surface area contributed by atoms with Gasteiger partial charge in [0.15, 0.2) is 5.16 Å². The third kappa shape index (κ3) is 2.56. The first-order valence-electron chi connectivity index (χ1n) is 6.14. The summed E-state index contributed by atoms with van der Waals surface area (Å²) in [5, 5.41) is 2.35. The first-order valence-corrected chi connectivity index (χ1v) is 6.52. The van der Waals surface area contributed by atoms with Crippen molar-refractivity contribution in [3.8, 4) is 5.75 Å². The minimum absolute atomic E-state index is 0.0748. The number of hydrogen-bond donors (Lipinski definition) is 1. The van der Waals surface area contributed by atoms with Gasteiger partial charge in [0.05, 0.1) is 12.7 Å². The Morgan fingerprint density at radius 3 is 2.62 bits per heavy atom. The van der Waals surface area contributed by atoms with Gasteiger partial charge in [0.2, 0.25) is 5.61 Å². The molecule has 0 amide bonds. The van der Waals surface area contributed by atoms with E-state index in [0.29, 0.717) is 11.3 Å². The third-order valence-electron chi connectivity index (χ3n) is 3.14. The lowest BCUT2D eigenvalue weighted by Gasteiger charge is -2.15. The van der Waals surface area contributed by atoms with Gasteiger partial charge in [-0.2, -0.15) is 0 Å². The molecule has 4 nitrogen and oxygen atoms in total. The van der Waals surface area contributed by atoms with Gasteiger partial charge in [-0.05, 0) is 30.3 Å². The fraction of sp³-hybridized carbons (Fsp3) is 0.0769. The summed E-state index contributed by atoms with van der Waals surface area (Å²) in [7, 11) is 1.53. The van der Waals surface area contributed by atoms with E-state index in [0.717, 1.165) is 0 Å². The maximum Gasteiger partial charge on any atom is 0.856 e. The normalized spacial score (nSPS) is 19.4. The minimum atomic E-state index is -4.21. The summed E-state index contributed by atoms with van der Waals surface area (Å²) < 4.78 is 38.0. The van der Waals surface area contributed by atoms with E-state index in [-0.39, 0.29) is 22.1 Å². The van der Waals surface area contributed by atoms with Crippen LogP contribution in [0.15, 0.2) is 47.1 Å². The van der Waals surface area contributed by atoms with E-state index in [2.05, 4.69) is 10.5 Å². The van der Waals surface area contributed by atoms with E-state index in [9.17, 15) is 8.63 Å². The minimum Gasteiger partial charge on any atom is -0.497 e. The molecule has 0 unspecified atom stereocenters. The van der Waals surface area contributed by atoms with Gasteiger partial charge in [0.1, 0.15) is 5.75 Å². The topological polar surface area (TPSA) is 48.6 Å². The van der Waals surface area contributed by atoms with Gasteiger partial charge in [0.25, 0.3) is 5.78 Å². The Morgan fingerprint density at radius 1 is 1.24 bits per heavy atom. The number of carbonyl (C=O) groups excluding carboxylic acids is 1. The van der Waals surface area contributed by atoms with Crippen molar-refractivity contribution in [2.24, 2.45) is 0 Å². The van der Waals surface area contributed by atoms with Gasteiger partial charge in [-0.25, -0.2) is 0 Å². The van der Waals surface area contributed by atoms with Crippen LogP contribution < -0.4 is 15.3 Å². The molecule has 1 N–H and O–H groups in total. The quantitative estimate of drug-likeness (QED) is 0.493. The summed E-state index contributed by atoms with van der Waals surface area (Å²) in [6.45, 7) is -4.21. The van der Waals surface area contributed by atoms with Crippen LogP contribution in [0.1, 0.15) is 9.91 Å². The van der Waals surface area contributed by atoms with Crippen molar-refractivity contribution >= 4 is 29.9 Å². The SMILES string of the molecule is COc1ccc(C2=[O+][B-](F)(F)C3=[NH+][N]C(Cl)=CC3=C2)cc1. The summed E-state index contributed by atoms with van der Waals surface area (Å²) in [5.41, 5.74) is 3.98. The second-order valence-corrected chi connectivity index (χ2v) is 4.90. The van der Waals surface area contributed by atoms with E-state index in [1.807, 2.05) is 0 Å². The van der Waals surface area contributed by atoms with Gasteiger partial charge in [0, 0.05) is 17.1 Å². The maximum atomic E-state index is 14.1. The predicted octanol–water partition coefficient (Wildman–Crippen LogP) is 0.906. The van der Waals surface area contributed by atoms with Crippen LogP contribution in [0.2, 0.25) is 0 Å². The summed E-state index contributed by atoms with van der Waals surface area (Å²) in [6, 6.07) is 6.64. The van der Waals surface area contributed by atoms with Crippen molar-refractivity contribution < 1.29 is 22.8 Å². The van der Waals surface area contributed by atoms with Crippen molar-refractivity contribution in [3.63, 3.8) is 0 Å². The second-order valence-electron chi connectivity index (χ2n) is 4.51. The Bertz CT molecular complexity index is 711. The van der Waals surface area contributed by atoms with E-state index >= 15 is 0 Å². The molecule has 2 aliphatic rings. The highest BCUT2D eigenvalue weighted by atomic mass is 35.5. The first kappa shape index (κ1) is 13.8. The number of methoxy groups -OCH3 is 1. The molecular formula is C13H10BClF2N2O2+. The van der Waals surface area contributed by atoms with Crippen molar-refractivity contribution in [2.45, 2.75) is 0 Å². The number of benzene rings is 1. The van der Waals surface area contributed by atoms with Crippen molar-refractivity contribution in [1.29, 1.82) is 0 Å². The Balaban J connectivity index is 2.04. The molecule has 0 saturated carbocycles. The van der Waals surface area contributed by atoms with E-state index in [4.69, 9.17) is 20.7 Å². The van der Waals surface area contributed by atoms with E-state index in [1.165, 1.54) is 19.3 Å². The highest BCUT2D eigenvalue weighted by Crippen LogP contribution is 2.24. The molecular weight excluding hydrogens is 300 g/mol. The highest BCUT2D eigenvalue weighted by molar-refractivity contribution is 6.93. The zero-order valence-electron chi connectivity index (χ0n) is 10.9. The predicted molar refractivity (Wildman–Crippen MR) is 75.4 cm³/mol. The van der Waals surface area contributed by atoms with Gasteiger partial charge in [-0.1, -0.05) is 11.6 Å². The van der Waals surface area contributed by atoms with Crippen molar-refractivity contribution in [3.05, 3.63) is 52.7 Å². The maximum absolute atomic E-state index is 14.1. The number of ether oxygens (including phenoxy) is 1. The lowest BCUT2D eigenvalue weighted by molar-refractivity contribution is -0.521. The Labute approximate surface area is 124 Å². The molecule has 0 aromatic heterocycles. The zero-order valence-corrected chi connectivity index (χ0v) is 11.7. The molecule has 0 fully saturated rings. The van der Waals surface area contributed by atoms with Crippen LogP contribution >= 0.6 is 11.6 Å². The number of fused-ring (bicyclic) bond motifs is 1. The van der Waals surface area contributed by atoms with Crippen LogP contribution in [0.3, 0.4) is 0 Å². The molecule has 0 spiro atoms. The summed E-state index contributed by atoms with van der Waals surface area (Å²) in [5.74, 6) is 0.708. The number of rotatable bonds is 2. The lowest BCUT2D eigenvalue weighted by Crippen LogP contribution is -2.83. The zero-order chi connectivity index (χ0) is 15.0. The molecule has 1 radical (unpaired) electrons. The Hall–Kier alpha value is -2.15. The monoisotopic (exact) mass is 310 g/mol. The average Bonchev–Trinajstić information content (AvgIpc) is 2.46. The number of hydrogen-bond acceptors (Lipinski definition) is 1. The Morgan fingerprint density at radius 2 is 1.95 bits per heavy atom. The molecule has 107 valence electrons. The van der Waals surface area contributed by atoms with Gasteiger partial charge >= 0.3 is 6.90 Å². The molecule has 0 bridgehead atoms. The van der Waals surface area contributed by atoms with Crippen LogP contribution in [-0.2, 0) is 0 Å². The fourth-order valence-electron chi connectivity index (χ4n) is 2.11. The number of nitrogens with one attached hydrogen (secondary N) is 1. The molecule has 3 rings (SSSR count).